The summed E-state index contributed by atoms with van der Waals surface area (Å²) >= 11 is 0. The molecule has 0 unspecified atom stereocenters. The molecule has 0 spiro atoms. The van der Waals surface area contributed by atoms with Crippen LogP contribution < -0.4 is 0 Å². The smallest absolute Gasteiger partial charge is 0.254 e. The van der Waals surface area contributed by atoms with Crippen molar-refractivity contribution < 1.29 is 4.79 Å². The molecule has 0 aliphatic rings. The summed E-state index contributed by atoms with van der Waals surface area (Å²) < 4.78 is 3.99. The third-order valence-corrected chi connectivity index (χ3v) is 4.11. The first kappa shape index (κ1) is 16.0. The lowest BCUT2D eigenvalue weighted by Crippen LogP contribution is -2.27. The van der Waals surface area contributed by atoms with Gasteiger partial charge < -0.3 is 14.0 Å². The van der Waals surface area contributed by atoms with E-state index in [1.165, 1.54) is 0 Å². The monoisotopic (exact) mass is 323 g/mol. The second kappa shape index (κ2) is 6.70. The molecule has 1 aromatic carbocycles. The van der Waals surface area contributed by atoms with Crippen molar-refractivity contribution in [1.29, 1.82) is 0 Å². The average Bonchev–Trinajstić information content (AvgIpc) is 3.22. The van der Waals surface area contributed by atoms with Gasteiger partial charge in [0.25, 0.3) is 5.91 Å². The maximum absolute atomic E-state index is 12.6. The minimum absolute atomic E-state index is 0.0165. The van der Waals surface area contributed by atoms with Gasteiger partial charge in [0.15, 0.2) is 0 Å². The average molecular weight is 323 g/mol. The Kier molecular flexibility index (Phi) is 4.46. The molecule has 0 fully saturated rings. The number of carbonyl (C=O) groups is 1. The van der Waals surface area contributed by atoms with Crippen LogP contribution in [0.2, 0.25) is 0 Å². The van der Waals surface area contributed by atoms with Crippen molar-refractivity contribution in [3.05, 3.63) is 60.6 Å². The second-order valence-corrected chi connectivity index (χ2v) is 5.76. The van der Waals surface area contributed by atoms with E-state index in [0.717, 1.165) is 23.6 Å². The molecule has 0 N–H and O–H groups in total. The molecule has 1 amide bonds. The maximum Gasteiger partial charge on any atom is 0.254 e. The Labute approximate surface area is 141 Å². The molecule has 3 aromatic rings. The minimum Gasteiger partial charge on any atom is -0.334 e. The van der Waals surface area contributed by atoms with Crippen LogP contribution in [-0.2, 0) is 20.1 Å². The van der Waals surface area contributed by atoms with Gasteiger partial charge in [-0.05, 0) is 24.6 Å². The van der Waals surface area contributed by atoms with Crippen molar-refractivity contribution in [2.45, 2.75) is 20.0 Å². The Morgan fingerprint density at radius 3 is 2.62 bits per heavy atom. The number of amides is 1. The van der Waals surface area contributed by atoms with Crippen LogP contribution in [0.3, 0.4) is 0 Å². The Morgan fingerprint density at radius 1 is 1.25 bits per heavy atom. The highest BCUT2D eigenvalue weighted by molar-refractivity contribution is 5.94. The van der Waals surface area contributed by atoms with Gasteiger partial charge in [0.1, 0.15) is 5.82 Å². The molecule has 0 bridgehead atoms. The molecule has 0 radical (unpaired) electrons. The fourth-order valence-electron chi connectivity index (χ4n) is 2.70. The summed E-state index contributed by atoms with van der Waals surface area (Å²) in [6, 6.07) is 7.61. The predicted molar refractivity (Wildman–Crippen MR) is 92.3 cm³/mol. The largest absolute Gasteiger partial charge is 0.334 e. The number of hydrogen-bond donors (Lipinski definition) is 0. The summed E-state index contributed by atoms with van der Waals surface area (Å²) in [6.07, 6.45) is 7.27. The molecule has 6 heteroatoms. The second-order valence-electron chi connectivity index (χ2n) is 5.76. The standard InChI is InChI=1S/C18H21N5O/c1-4-23-10-9-20-17(23)12-21(2)18(24)15-7-5-14(6-8-15)16-11-19-13-22(16)3/h5-11,13H,4,12H2,1-3H3. The van der Waals surface area contributed by atoms with Gasteiger partial charge in [-0.1, -0.05) is 12.1 Å². The molecule has 2 aromatic heterocycles. The lowest BCUT2D eigenvalue weighted by Gasteiger charge is -2.17. The summed E-state index contributed by atoms with van der Waals surface area (Å²) in [4.78, 5) is 22.7. The van der Waals surface area contributed by atoms with Crippen molar-refractivity contribution in [1.82, 2.24) is 24.0 Å². The number of aryl methyl sites for hydroxylation is 2. The molecule has 2 heterocycles. The van der Waals surface area contributed by atoms with Gasteiger partial charge in [0.05, 0.1) is 24.8 Å². The summed E-state index contributed by atoms with van der Waals surface area (Å²) in [5.74, 6) is 0.872. The normalized spacial score (nSPS) is 10.8. The fraction of sp³-hybridized carbons (Fsp3) is 0.278. The van der Waals surface area contributed by atoms with E-state index in [4.69, 9.17) is 0 Å². The molecule has 124 valence electrons. The first-order chi connectivity index (χ1) is 11.6. The van der Waals surface area contributed by atoms with Crippen molar-refractivity contribution in [3.8, 4) is 11.3 Å². The lowest BCUT2D eigenvalue weighted by molar-refractivity contribution is 0.0780. The van der Waals surface area contributed by atoms with Crippen LogP contribution >= 0.6 is 0 Å². The van der Waals surface area contributed by atoms with E-state index in [-0.39, 0.29) is 5.91 Å². The molecule has 3 rings (SSSR count). The van der Waals surface area contributed by atoms with Crippen molar-refractivity contribution in [2.24, 2.45) is 7.05 Å². The number of benzene rings is 1. The Morgan fingerprint density at radius 2 is 2.00 bits per heavy atom. The third-order valence-electron chi connectivity index (χ3n) is 4.11. The molecular weight excluding hydrogens is 302 g/mol. The van der Waals surface area contributed by atoms with Crippen LogP contribution in [0, 0.1) is 0 Å². The highest BCUT2D eigenvalue weighted by Gasteiger charge is 2.14. The number of hydrogen-bond acceptors (Lipinski definition) is 3. The number of imidazole rings is 2. The summed E-state index contributed by atoms with van der Waals surface area (Å²) in [5.41, 5.74) is 2.72. The highest BCUT2D eigenvalue weighted by Crippen LogP contribution is 2.19. The van der Waals surface area contributed by atoms with Crippen LogP contribution in [0.4, 0.5) is 0 Å². The molecule has 0 aliphatic heterocycles. The van der Waals surface area contributed by atoms with Crippen LogP contribution in [0.1, 0.15) is 23.1 Å². The van der Waals surface area contributed by atoms with Crippen LogP contribution in [-0.4, -0.2) is 37.0 Å². The first-order valence-corrected chi connectivity index (χ1v) is 7.92. The lowest BCUT2D eigenvalue weighted by atomic mass is 10.1. The summed E-state index contributed by atoms with van der Waals surface area (Å²) in [5, 5.41) is 0. The Bertz CT molecular complexity index is 831. The van der Waals surface area contributed by atoms with Crippen LogP contribution in [0.15, 0.2) is 49.2 Å². The summed E-state index contributed by atoms with van der Waals surface area (Å²) in [6.45, 7) is 3.39. The van der Waals surface area contributed by atoms with E-state index in [2.05, 4.69) is 16.9 Å². The molecule has 0 saturated heterocycles. The quantitative estimate of drug-likeness (QED) is 0.725. The zero-order valence-electron chi connectivity index (χ0n) is 14.2. The van der Waals surface area contributed by atoms with E-state index in [0.29, 0.717) is 12.1 Å². The van der Waals surface area contributed by atoms with Gasteiger partial charge in [-0.3, -0.25) is 4.79 Å². The molecule has 6 nitrogen and oxygen atoms in total. The van der Waals surface area contributed by atoms with Crippen LogP contribution in [0.25, 0.3) is 11.3 Å². The highest BCUT2D eigenvalue weighted by atomic mass is 16.2. The van der Waals surface area contributed by atoms with E-state index in [1.54, 1.807) is 24.5 Å². The zero-order chi connectivity index (χ0) is 17.1. The molecule has 0 atom stereocenters. The number of aromatic nitrogens is 4. The van der Waals surface area contributed by atoms with Gasteiger partial charge >= 0.3 is 0 Å². The number of nitrogens with zero attached hydrogens (tertiary/aromatic N) is 5. The SMILES string of the molecule is CCn1ccnc1CN(C)C(=O)c1ccc(-c2cncn2C)cc1. The van der Waals surface area contributed by atoms with Gasteiger partial charge in [0, 0.05) is 38.6 Å². The van der Waals surface area contributed by atoms with Gasteiger partial charge in [-0.2, -0.15) is 0 Å². The minimum atomic E-state index is -0.0165. The summed E-state index contributed by atoms with van der Waals surface area (Å²) in [7, 11) is 3.75. The van der Waals surface area contributed by atoms with E-state index in [9.17, 15) is 4.79 Å². The number of carbonyl (C=O) groups excluding carboxylic acids is 1. The molecule has 0 saturated carbocycles. The molecule has 24 heavy (non-hydrogen) atoms. The molecular formula is C18H21N5O. The fourth-order valence-corrected chi connectivity index (χ4v) is 2.70. The number of rotatable bonds is 5. The zero-order valence-corrected chi connectivity index (χ0v) is 14.2. The van der Waals surface area contributed by atoms with E-state index in [1.807, 2.05) is 52.8 Å². The first-order valence-electron chi connectivity index (χ1n) is 7.92. The maximum atomic E-state index is 12.6. The Balaban J connectivity index is 1.74. The van der Waals surface area contributed by atoms with Gasteiger partial charge in [-0.15, -0.1) is 0 Å². The van der Waals surface area contributed by atoms with Crippen molar-refractivity contribution >= 4 is 5.91 Å². The van der Waals surface area contributed by atoms with E-state index < -0.39 is 0 Å². The topological polar surface area (TPSA) is 56.0 Å². The third kappa shape index (κ3) is 3.08. The van der Waals surface area contributed by atoms with E-state index >= 15 is 0 Å². The van der Waals surface area contributed by atoms with Crippen molar-refractivity contribution in [3.63, 3.8) is 0 Å². The predicted octanol–water partition coefficient (Wildman–Crippen LogP) is 2.58. The Hall–Kier alpha value is -2.89. The van der Waals surface area contributed by atoms with Crippen LogP contribution in [0.5, 0.6) is 0 Å². The van der Waals surface area contributed by atoms with Crippen molar-refractivity contribution in [2.75, 3.05) is 7.05 Å². The van der Waals surface area contributed by atoms with Gasteiger partial charge in [-0.25, -0.2) is 9.97 Å². The van der Waals surface area contributed by atoms with Gasteiger partial charge in [0.2, 0.25) is 0 Å². The molecule has 0 aliphatic carbocycles.